The van der Waals surface area contributed by atoms with Crippen LogP contribution in [0.5, 0.6) is 0 Å². The van der Waals surface area contributed by atoms with Gasteiger partial charge in [0.1, 0.15) is 0 Å². The third kappa shape index (κ3) is 3.96. The van der Waals surface area contributed by atoms with E-state index in [9.17, 15) is 9.59 Å². The normalized spacial score (nSPS) is 27.1. The molecule has 0 radical (unpaired) electrons. The molecule has 2 saturated carbocycles. The van der Waals surface area contributed by atoms with Gasteiger partial charge < -0.3 is 15.2 Å². The minimum Gasteiger partial charge on any atom is -0.481 e. The van der Waals surface area contributed by atoms with Gasteiger partial charge in [-0.2, -0.15) is 0 Å². The summed E-state index contributed by atoms with van der Waals surface area (Å²) in [5.41, 5.74) is 0.160. The van der Waals surface area contributed by atoms with Crippen molar-refractivity contribution in [1.29, 1.82) is 0 Å². The minimum absolute atomic E-state index is 0.0728. The van der Waals surface area contributed by atoms with Crippen molar-refractivity contribution in [2.75, 3.05) is 19.8 Å². The lowest BCUT2D eigenvalue weighted by Gasteiger charge is -2.34. The molecule has 0 saturated heterocycles. The molecule has 0 bridgehead atoms. The number of nitrogens with one attached hydrogen (secondary N) is 1. The van der Waals surface area contributed by atoms with Gasteiger partial charge in [-0.15, -0.1) is 0 Å². The fourth-order valence-corrected chi connectivity index (χ4v) is 3.59. The first-order valence-electron chi connectivity index (χ1n) is 8.16. The van der Waals surface area contributed by atoms with Crippen LogP contribution in [0.2, 0.25) is 0 Å². The molecule has 2 fully saturated rings. The largest absolute Gasteiger partial charge is 0.481 e. The first-order chi connectivity index (χ1) is 10.1. The molecule has 0 spiro atoms. The third-order valence-corrected chi connectivity index (χ3v) is 5.21. The second kappa shape index (κ2) is 7.25. The SMILES string of the molecule is CCOCCC1(CNC(=O)C2CCC2C(=O)O)CCCC1. The van der Waals surface area contributed by atoms with Gasteiger partial charge >= 0.3 is 5.97 Å². The highest BCUT2D eigenvalue weighted by molar-refractivity contribution is 5.86. The van der Waals surface area contributed by atoms with Crippen LogP contribution < -0.4 is 5.32 Å². The summed E-state index contributed by atoms with van der Waals surface area (Å²) in [5, 5.41) is 12.1. The zero-order chi connectivity index (χ0) is 15.3. The van der Waals surface area contributed by atoms with Crippen LogP contribution in [0.15, 0.2) is 0 Å². The zero-order valence-electron chi connectivity index (χ0n) is 12.9. The van der Waals surface area contributed by atoms with Crippen LogP contribution in [0, 0.1) is 17.3 Å². The van der Waals surface area contributed by atoms with E-state index in [1.54, 1.807) is 0 Å². The van der Waals surface area contributed by atoms with E-state index < -0.39 is 11.9 Å². The molecule has 5 nitrogen and oxygen atoms in total. The van der Waals surface area contributed by atoms with Gasteiger partial charge in [0.2, 0.25) is 5.91 Å². The highest BCUT2D eigenvalue weighted by Gasteiger charge is 2.42. The highest BCUT2D eigenvalue weighted by atomic mass is 16.5. The van der Waals surface area contributed by atoms with Gasteiger partial charge in [0.25, 0.3) is 0 Å². The minimum atomic E-state index is -0.840. The maximum atomic E-state index is 12.2. The number of aliphatic carboxylic acids is 1. The molecule has 0 aromatic carbocycles. The quantitative estimate of drug-likeness (QED) is 0.673. The number of carbonyl (C=O) groups is 2. The Morgan fingerprint density at radius 2 is 1.90 bits per heavy atom. The summed E-state index contributed by atoms with van der Waals surface area (Å²) in [4.78, 5) is 23.2. The summed E-state index contributed by atoms with van der Waals surface area (Å²) in [7, 11) is 0. The van der Waals surface area contributed by atoms with Gasteiger partial charge in [-0.25, -0.2) is 0 Å². The van der Waals surface area contributed by atoms with Crippen LogP contribution >= 0.6 is 0 Å². The van der Waals surface area contributed by atoms with Crippen molar-refractivity contribution in [2.24, 2.45) is 17.3 Å². The third-order valence-electron chi connectivity index (χ3n) is 5.21. The van der Waals surface area contributed by atoms with E-state index in [2.05, 4.69) is 5.32 Å². The van der Waals surface area contributed by atoms with Crippen molar-refractivity contribution >= 4 is 11.9 Å². The summed E-state index contributed by atoms with van der Waals surface area (Å²) in [5.74, 6) is -1.72. The van der Waals surface area contributed by atoms with E-state index in [0.29, 0.717) is 19.4 Å². The molecule has 2 rings (SSSR count). The maximum Gasteiger partial charge on any atom is 0.307 e. The van der Waals surface area contributed by atoms with Crippen LogP contribution in [0.3, 0.4) is 0 Å². The van der Waals surface area contributed by atoms with E-state index in [1.807, 2.05) is 6.92 Å². The topological polar surface area (TPSA) is 75.6 Å². The molecule has 21 heavy (non-hydrogen) atoms. The monoisotopic (exact) mass is 297 g/mol. The van der Waals surface area contributed by atoms with Crippen LogP contribution in [-0.2, 0) is 14.3 Å². The number of carboxylic acids is 1. The first kappa shape index (κ1) is 16.3. The lowest BCUT2D eigenvalue weighted by molar-refractivity contribution is -0.152. The van der Waals surface area contributed by atoms with Gasteiger partial charge in [0, 0.05) is 19.8 Å². The summed E-state index contributed by atoms with van der Waals surface area (Å²) in [6.45, 7) is 4.13. The average Bonchev–Trinajstić information content (AvgIpc) is 2.84. The number of carbonyl (C=O) groups excluding carboxylic acids is 1. The van der Waals surface area contributed by atoms with E-state index in [4.69, 9.17) is 9.84 Å². The van der Waals surface area contributed by atoms with Crippen molar-refractivity contribution < 1.29 is 19.4 Å². The van der Waals surface area contributed by atoms with Crippen LogP contribution in [0.1, 0.15) is 51.9 Å². The smallest absolute Gasteiger partial charge is 0.307 e. The zero-order valence-corrected chi connectivity index (χ0v) is 12.9. The molecule has 0 aromatic heterocycles. The molecule has 5 heteroatoms. The molecule has 1 amide bonds. The van der Waals surface area contributed by atoms with Crippen molar-refractivity contribution in [3.63, 3.8) is 0 Å². The lowest BCUT2D eigenvalue weighted by Crippen LogP contribution is -2.46. The number of hydrogen-bond donors (Lipinski definition) is 2. The van der Waals surface area contributed by atoms with Gasteiger partial charge in [-0.3, -0.25) is 9.59 Å². The Morgan fingerprint density at radius 3 is 2.43 bits per heavy atom. The Morgan fingerprint density at radius 1 is 1.24 bits per heavy atom. The highest BCUT2D eigenvalue weighted by Crippen LogP contribution is 2.41. The fraction of sp³-hybridized carbons (Fsp3) is 0.875. The molecule has 2 aliphatic carbocycles. The van der Waals surface area contributed by atoms with Crippen LogP contribution in [0.4, 0.5) is 0 Å². The molecule has 0 heterocycles. The van der Waals surface area contributed by atoms with E-state index >= 15 is 0 Å². The van der Waals surface area contributed by atoms with E-state index in [0.717, 1.165) is 32.5 Å². The van der Waals surface area contributed by atoms with Gasteiger partial charge in [0.15, 0.2) is 0 Å². The van der Waals surface area contributed by atoms with E-state index in [1.165, 1.54) is 12.8 Å². The Hall–Kier alpha value is -1.10. The Bertz CT molecular complexity index is 376. The van der Waals surface area contributed by atoms with Crippen LogP contribution in [-0.4, -0.2) is 36.7 Å². The predicted molar refractivity (Wildman–Crippen MR) is 78.9 cm³/mol. The van der Waals surface area contributed by atoms with Gasteiger partial charge in [-0.1, -0.05) is 12.8 Å². The summed E-state index contributed by atoms with van der Waals surface area (Å²) in [6, 6.07) is 0. The van der Waals surface area contributed by atoms with Crippen molar-refractivity contribution in [3.8, 4) is 0 Å². The second-order valence-corrected chi connectivity index (χ2v) is 6.50. The Labute approximate surface area is 126 Å². The summed E-state index contributed by atoms with van der Waals surface area (Å²) < 4.78 is 5.47. The average molecular weight is 297 g/mol. The molecule has 0 aromatic rings. The number of hydrogen-bond acceptors (Lipinski definition) is 3. The molecular formula is C16H27NO4. The molecule has 2 aliphatic rings. The van der Waals surface area contributed by atoms with Crippen LogP contribution in [0.25, 0.3) is 0 Å². The second-order valence-electron chi connectivity index (χ2n) is 6.50. The fourth-order valence-electron chi connectivity index (χ4n) is 3.59. The summed E-state index contributed by atoms with van der Waals surface area (Å²) in [6.07, 6.45) is 7.00. The first-order valence-corrected chi connectivity index (χ1v) is 8.16. The molecule has 2 unspecified atom stereocenters. The lowest BCUT2D eigenvalue weighted by atomic mass is 9.73. The van der Waals surface area contributed by atoms with Crippen molar-refractivity contribution in [1.82, 2.24) is 5.32 Å². The summed E-state index contributed by atoms with van der Waals surface area (Å²) >= 11 is 0. The van der Waals surface area contributed by atoms with Gasteiger partial charge in [0.05, 0.1) is 11.8 Å². The predicted octanol–water partition coefficient (Wildman–Crippen LogP) is 2.20. The standard InChI is InChI=1S/C16H27NO4/c1-2-21-10-9-16(7-3-4-8-16)11-17-14(18)12-5-6-13(12)15(19)20/h12-13H,2-11H2,1H3,(H,17,18)(H,19,20). The van der Waals surface area contributed by atoms with E-state index in [-0.39, 0.29) is 17.2 Å². The molecule has 0 aliphatic heterocycles. The Kier molecular flexibility index (Phi) is 5.62. The molecule has 2 N–H and O–H groups in total. The number of rotatable bonds is 8. The van der Waals surface area contributed by atoms with Gasteiger partial charge in [-0.05, 0) is 44.4 Å². The number of carboxylic acid groups (broad SMARTS) is 1. The number of amides is 1. The van der Waals surface area contributed by atoms with Crippen molar-refractivity contribution in [3.05, 3.63) is 0 Å². The molecule has 120 valence electrons. The Balaban J connectivity index is 1.81. The molecule has 2 atom stereocenters. The number of ether oxygens (including phenoxy) is 1. The maximum absolute atomic E-state index is 12.2. The van der Waals surface area contributed by atoms with Crippen molar-refractivity contribution in [2.45, 2.75) is 51.9 Å². The molecular weight excluding hydrogens is 270 g/mol.